The number of nitrogens with zero attached hydrogens (tertiary/aromatic N) is 2. The summed E-state index contributed by atoms with van der Waals surface area (Å²) in [5, 5.41) is 7.37. The van der Waals surface area contributed by atoms with Gasteiger partial charge in [-0.1, -0.05) is 56.0 Å². The summed E-state index contributed by atoms with van der Waals surface area (Å²) >= 11 is 1.09. The molecular weight excluding hydrogens is 519 g/mol. The van der Waals surface area contributed by atoms with Crippen LogP contribution in [0.4, 0.5) is 4.39 Å². The van der Waals surface area contributed by atoms with Gasteiger partial charge in [0.15, 0.2) is 0 Å². The molecule has 0 radical (unpaired) electrons. The van der Waals surface area contributed by atoms with Gasteiger partial charge in [-0.2, -0.15) is 5.10 Å². The van der Waals surface area contributed by atoms with Gasteiger partial charge in [-0.25, -0.2) is 4.39 Å². The number of thioether (sulfide) groups is 1. The number of carbonyl (C=O) groups is 3. The van der Waals surface area contributed by atoms with Gasteiger partial charge in [-0.3, -0.25) is 14.4 Å². The molecule has 2 aromatic carbocycles. The molecule has 0 bridgehead atoms. The first-order valence-electron chi connectivity index (χ1n) is 12.8. The third-order valence-electron chi connectivity index (χ3n) is 5.37. The maximum Gasteiger partial charge on any atom is 0.306 e. The number of halogens is 1. The predicted molar refractivity (Wildman–Crippen MR) is 154 cm³/mol. The summed E-state index contributed by atoms with van der Waals surface area (Å²) in [6, 6.07) is 12.5. The van der Waals surface area contributed by atoms with E-state index in [1.54, 1.807) is 51.1 Å². The van der Waals surface area contributed by atoms with Crippen LogP contribution in [0.25, 0.3) is 0 Å². The molecule has 0 aliphatic rings. The Bertz CT molecular complexity index is 1190. The molecule has 2 rings (SSSR count). The summed E-state index contributed by atoms with van der Waals surface area (Å²) in [7, 11) is 0. The average molecular weight is 557 g/mol. The van der Waals surface area contributed by atoms with Crippen molar-refractivity contribution in [1.29, 1.82) is 0 Å². The van der Waals surface area contributed by atoms with Crippen LogP contribution in [0.1, 0.15) is 79.7 Å². The van der Waals surface area contributed by atoms with E-state index in [1.807, 2.05) is 6.92 Å². The lowest BCUT2D eigenvalue weighted by atomic mass is 10.1. The van der Waals surface area contributed by atoms with Crippen LogP contribution in [0.3, 0.4) is 0 Å². The number of hydrazone groups is 1. The van der Waals surface area contributed by atoms with Crippen LogP contribution in [0, 0.1) is 5.82 Å². The summed E-state index contributed by atoms with van der Waals surface area (Å²) in [6.45, 7) is 12.1. The van der Waals surface area contributed by atoms with Gasteiger partial charge in [0.1, 0.15) is 16.5 Å². The summed E-state index contributed by atoms with van der Waals surface area (Å²) in [5.74, 6) is 3.97. The Morgan fingerprint density at radius 2 is 1.72 bits per heavy atom. The van der Waals surface area contributed by atoms with Crippen LogP contribution < -0.4 is 11.2 Å². The smallest absolute Gasteiger partial charge is 0.306 e. The molecule has 3 N–H and O–H groups in total. The lowest BCUT2D eigenvalue weighted by Crippen LogP contribution is -2.31. The highest BCUT2D eigenvalue weighted by Gasteiger charge is 2.23. The zero-order valence-corrected chi connectivity index (χ0v) is 23.8. The molecule has 0 saturated carbocycles. The highest BCUT2D eigenvalue weighted by atomic mass is 32.2. The second-order valence-corrected chi connectivity index (χ2v) is 10.8. The molecule has 0 spiro atoms. The topological polar surface area (TPSA) is 114 Å². The molecule has 0 aliphatic carbocycles. The summed E-state index contributed by atoms with van der Waals surface area (Å²) in [5.41, 5.74) is 0.471. The van der Waals surface area contributed by atoms with E-state index in [4.69, 9.17) is 10.6 Å². The predicted octanol–water partition coefficient (Wildman–Crippen LogP) is 5.44. The molecule has 39 heavy (non-hydrogen) atoms. The molecule has 0 saturated heterocycles. The summed E-state index contributed by atoms with van der Waals surface area (Å²) in [6.07, 6.45) is 2.21. The number of nitrogens with two attached hydrogens (primary N) is 1. The van der Waals surface area contributed by atoms with Crippen LogP contribution >= 0.6 is 11.8 Å². The lowest BCUT2D eigenvalue weighted by molar-refractivity contribution is -0.154. The highest BCUT2D eigenvalue weighted by Crippen LogP contribution is 2.27. The Hall–Kier alpha value is -3.66. The number of hydrogen-bond donors (Lipinski definition) is 2. The van der Waals surface area contributed by atoms with Crippen LogP contribution in [0.5, 0.6) is 0 Å². The minimum Gasteiger partial charge on any atom is -0.460 e. The number of carbonyl (C=O) groups excluding carboxylic acids is 3. The fourth-order valence-electron chi connectivity index (χ4n) is 3.46. The zero-order valence-electron chi connectivity index (χ0n) is 23.0. The number of rotatable bonds is 12. The Balaban J connectivity index is 2.01. The molecule has 2 amide bonds. The standard InChI is InChI=1S/C29H37FN4O4S/c1-6-7-19-34(28(37)23-11-8-9-12-24(23)30)20(2)39-27(33-31)22-16-14-21(15-17-22)26(36)32-18-10-13-25(35)38-29(3,4)5/h8-9,11-12,14-17H,2,6-7,10,13,18-19,31H2,1,3-5H3,(H,32,36)/b33-27-. The van der Waals surface area contributed by atoms with Gasteiger partial charge in [-0.15, -0.1) is 0 Å². The quantitative estimate of drug-likeness (QED) is 0.0898. The number of hydrogen-bond acceptors (Lipinski definition) is 7. The summed E-state index contributed by atoms with van der Waals surface area (Å²) < 4.78 is 19.6. The van der Waals surface area contributed by atoms with E-state index in [0.29, 0.717) is 47.1 Å². The fourth-order valence-corrected chi connectivity index (χ4v) is 4.27. The van der Waals surface area contributed by atoms with Crippen molar-refractivity contribution in [3.8, 4) is 0 Å². The van der Waals surface area contributed by atoms with Crippen LogP contribution in [0.2, 0.25) is 0 Å². The second kappa shape index (κ2) is 15.1. The summed E-state index contributed by atoms with van der Waals surface area (Å²) in [4.78, 5) is 38.8. The molecule has 0 atom stereocenters. The molecule has 8 nitrogen and oxygen atoms in total. The van der Waals surface area contributed by atoms with E-state index < -0.39 is 17.3 Å². The molecule has 210 valence electrons. The Morgan fingerprint density at radius 1 is 1.08 bits per heavy atom. The molecule has 0 aliphatic heterocycles. The van der Waals surface area contributed by atoms with Gasteiger partial charge in [0.2, 0.25) is 0 Å². The van der Waals surface area contributed by atoms with Crippen molar-refractivity contribution < 1.29 is 23.5 Å². The first kappa shape index (κ1) is 31.6. The van der Waals surface area contributed by atoms with Crippen molar-refractivity contribution in [3.05, 3.63) is 82.6 Å². The van der Waals surface area contributed by atoms with Crippen LogP contribution in [0.15, 0.2) is 65.2 Å². The van der Waals surface area contributed by atoms with Crippen molar-refractivity contribution in [2.24, 2.45) is 10.9 Å². The van der Waals surface area contributed by atoms with Gasteiger partial charge in [0.25, 0.3) is 11.8 Å². The number of benzene rings is 2. The van der Waals surface area contributed by atoms with E-state index in [-0.39, 0.29) is 23.9 Å². The van der Waals surface area contributed by atoms with Gasteiger partial charge >= 0.3 is 5.97 Å². The van der Waals surface area contributed by atoms with Gasteiger partial charge in [0, 0.05) is 30.6 Å². The molecule has 0 unspecified atom stereocenters. The molecule has 0 fully saturated rings. The van der Waals surface area contributed by atoms with Crippen molar-refractivity contribution in [1.82, 2.24) is 10.2 Å². The minimum absolute atomic E-state index is 0.0388. The van der Waals surface area contributed by atoms with Crippen LogP contribution in [-0.4, -0.2) is 46.4 Å². The average Bonchev–Trinajstić information content (AvgIpc) is 2.89. The van der Waals surface area contributed by atoms with Crippen molar-refractivity contribution in [3.63, 3.8) is 0 Å². The van der Waals surface area contributed by atoms with Crippen molar-refractivity contribution in [2.45, 2.75) is 59.0 Å². The highest BCUT2D eigenvalue weighted by molar-refractivity contribution is 8.17. The lowest BCUT2D eigenvalue weighted by Gasteiger charge is -2.24. The van der Waals surface area contributed by atoms with Gasteiger partial charge < -0.3 is 20.8 Å². The molecule has 0 heterocycles. The van der Waals surface area contributed by atoms with E-state index in [0.717, 1.165) is 18.2 Å². The number of nitrogens with one attached hydrogen (secondary N) is 1. The van der Waals surface area contributed by atoms with Gasteiger partial charge in [0.05, 0.1) is 10.6 Å². The normalized spacial score (nSPS) is 11.6. The third kappa shape index (κ3) is 10.2. The number of esters is 1. The first-order valence-corrected chi connectivity index (χ1v) is 13.6. The maximum absolute atomic E-state index is 14.3. The Kier molecular flexibility index (Phi) is 12.2. The third-order valence-corrected chi connectivity index (χ3v) is 6.37. The largest absolute Gasteiger partial charge is 0.460 e. The number of ether oxygens (including phenoxy) is 1. The van der Waals surface area contributed by atoms with E-state index in [9.17, 15) is 18.8 Å². The van der Waals surface area contributed by atoms with E-state index in [2.05, 4.69) is 17.0 Å². The fraction of sp³-hybridized carbons (Fsp3) is 0.379. The van der Waals surface area contributed by atoms with Crippen LogP contribution in [-0.2, 0) is 9.53 Å². The van der Waals surface area contributed by atoms with Crippen molar-refractivity contribution >= 4 is 34.6 Å². The van der Waals surface area contributed by atoms with E-state index in [1.165, 1.54) is 23.1 Å². The SMILES string of the molecule is C=C(S/C(=N\N)c1ccc(C(=O)NCCCC(=O)OC(C)(C)C)cc1)N(CCCC)C(=O)c1ccccc1F. The molecule has 10 heteroatoms. The molecular formula is C29H37FN4O4S. The monoisotopic (exact) mass is 556 g/mol. The maximum atomic E-state index is 14.3. The molecule has 0 aromatic heterocycles. The van der Waals surface area contributed by atoms with Crippen molar-refractivity contribution in [2.75, 3.05) is 13.1 Å². The van der Waals surface area contributed by atoms with E-state index >= 15 is 0 Å². The number of unbranched alkanes of at least 4 members (excludes halogenated alkanes) is 1. The second-order valence-electron chi connectivity index (χ2n) is 9.74. The Morgan fingerprint density at radius 3 is 2.31 bits per heavy atom. The molecule has 2 aromatic rings. The number of amides is 2. The zero-order chi connectivity index (χ0) is 29.0. The Labute approximate surface area is 233 Å². The van der Waals surface area contributed by atoms with Gasteiger partial charge in [-0.05, 0) is 57.9 Å². The minimum atomic E-state index is -0.604. The first-order chi connectivity index (χ1) is 18.5.